The molecule has 1 heterocycles. The minimum absolute atomic E-state index is 0.672. The summed E-state index contributed by atoms with van der Waals surface area (Å²) in [4.78, 5) is 11.2. The van der Waals surface area contributed by atoms with Gasteiger partial charge in [-0.1, -0.05) is 13.3 Å². The highest BCUT2D eigenvalue weighted by Crippen LogP contribution is 2.21. The van der Waals surface area contributed by atoms with E-state index in [2.05, 4.69) is 27.1 Å². The summed E-state index contributed by atoms with van der Waals surface area (Å²) in [6, 6.07) is 9.84. The van der Waals surface area contributed by atoms with Crippen molar-refractivity contribution in [1.82, 2.24) is 9.97 Å². The van der Waals surface area contributed by atoms with E-state index in [9.17, 15) is 0 Å². The van der Waals surface area contributed by atoms with Gasteiger partial charge in [-0.05, 0) is 44.5 Å². The molecule has 0 aliphatic rings. The lowest BCUT2D eigenvalue weighted by Gasteiger charge is -2.18. The van der Waals surface area contributed by atoms with E-state index in [0.29, 0.717) is 6.61 Å². The summed E-state index contributed by atoms with van der Waals surface area (Å²) in [6.45, 7) is 7.78. The Morgan fingerprint density at radius 1 is 1.13 bits per heavy atom. The van der Waals surface area contributed by atoms with Crippen molar-refractivity contribution in [2.24, 2.45) is 0 Å². The van der Waals surface area contributed by atoms with Crippen LogP contribution in [0.2, 0.25) is 0 Å². The van der Waals surface area contributed by atoms with Gasteiger partial charge < -0.3 is 15.0 Å². The van der Waals surface area contributed by atoms with Crippen LogP contribution in [0.25, 0.3) is 0 Å². The lowest BCUT2D eigenvalue weighted by Crippen LogP contribution is -2.21. The zero-order valence-electron chi connectivity index (χ0n) is 14.5. The maximum atomic E-state index is 5.46. The standard InChI is InChI=1S/C18H26N4O/c1-5-7-12-22(4)18-19-14(3)13-17(21-18)20-15-8-10-16(11-9-15)23-6-2/h8-11,13H,5-7,12H2,1-4H3,(H,19,20,21). The second kappa shape index (κ2) is 8.36. The predicted octanol–water partition coefficient (Wildman–Crippen LogP) is 4.16. The maximum Gasteiger partial charge on any atom is 0.227 e. The van der Waals surface area contributed by atoms with Gasteiger partial charge in [-0.25, -0.2) is 4.98 Å². The van der Waals surface area contributed by atoms with E-state index < -0.39 is 0 Å². The topological polar surface area (TPSA) is 50.3 Å². The monoisotopic (exact) mass is 314 g/mol. The minimum atomic E-state index is 0.672. The van der Waals surface area contributed by atoms with Crippen LogP contribution in [0.1, 0.15) is 32.4 Å². The number of anilines is 3. The normalized spacial score (nSPS) is 10.4. The number of nitrogens with one attached hydrogen (secondary N) is 1. The fourth-order valence-electron chi connectivity index (χ4n) is 2.23. The summed E-state index contributed by atoms with van der Waals surface area (Å²) in [5.74, 6) is 2.43. The van der Waals surface area contributed by atoms with Gasteiger partial charge in [0.1, 0.15) is 11.6 Å². The Morgan fingerprint density at radius 3 is 2.52 bits per heavy atom. The van der Waals surface area contributed by atoms with Gasteiger partial charge in [-0.2, -0.15) is 4.98 Å². The van der Waals surface area contributed by atoms with Crippen molar-refractivity contribution in [3.8, 4) is 5.75 Å². The summed E-state index contributed by atoms with van der Waals surface area (Å²) in [5, 5.41) is 3.33. The molecule has 0 atom stereocenters. The van der Waals surface area contributed by atoms with Gasteiger partial charge >= 0.3 is 0 Å². The third-order valence-corrected chi connectivity index (χ3v) is 3.47. The van der Waals surface area contributed by atoms with Crippen molar-refractivity contribution in [2.75, 3.05) is 30.4 Å². The predicted molar refractivity (Wildman–Crippen MR) is 95.8 cm³/mol. The molecule has 5 heteroatoms. The first-order valence-electron chi connectivity index (χ1n) is 8.19. The van der Waals surface area contributed by atoms with E-state index in [1.165, 1.54) is 0 Å². The minimum Gasteiger partial charge on any atom is -0.494 e. The number of benzene rings is 1. The largest absolute Gasteiger partial charge is 0.494 e. The summed E-state index contributed by atoms with van der Waals surface area (Å²) in [5.41, 5.74) is 1.93. The molecule has 0 saturated heterocycles. The van der Waals surface area contributed by atoms with E-state index in [4.69, 9.17) is 4.74 Å². The number of ether oxygens (including phenoxy) is 1. The second-order valence-corrected chi connectivity index (χ2v) is 5.55. The van der Waals surface area contributed by atoms with E-state index >= 15 is 0 Å². The fourth-order valence-corrected chi connectivity index (χ4v) is 2.23. The highest BCUT2D eigenvalue weighted by molar-refractivity contribution is 5.58. The number of nitrogens with zero attached hydrogens (tertiary/aromatic N) is 3. The number of unbranched alkanes of at least 4 members (excludes halogenated alkanes) is 1. The molecule has 0 saturated carbocycles. The Bertz CT molecular complexity index is 613. The molecule has 1 N–H and O–H groups in total. The summed E-state index contributed by atoms with van der Waals surface area (Å²) in [7, 11) is 2.03. The van der Waals surface area contributed by atoms with E-state index in [1.807, 2.05) is 51.2 Å². The molecule has 0 aliphatic carbocycles. The van der Waals surface area contributed by atoms with Gasteiger partial charge in [0.25, 0.3) is 0 Å². The van der Waals surface area contributed by atoms with Crippen LogP contribution in [0.5, 0.6) is 5.75 Å². The molecule has 124 valence electrons. The van der Waals surface area contributed by atoms with Crippen LogP contribution >= 0.6 is 0 Å². The van der Waals surface area contributed by atoms with Gasteiger partial charge in [0.05, 0.1) is 6.61 Å². The van der Waals surface area contributed by atoms with Crippen molar-refractivity contribution in [1.29, 1.82) is 0 Å². The maximum absolute atomic E-state index is 5.46. The molecular formula is C18H26N4O. The number of aromatic nitrogens is 2. The molecule has 0 unspecified atom stereocenters. The molecule has 0 spiro atoms. The highest BCUT2D eigenvalue weighted by Gasteiger charge is 2.07. The molecule has 1 aromatic heterocycles. The quantitative estimate of drug-likeness (QED) is 0.792. The average molecular weight is 314 g/mol. The van der Waals surface area contributed by atoms with Crippen LogP contribution in [0.4, 0.5) is 17.5 Å². The van der Waals surface area contributed by atoms with Crippen molar-refractivity contribution < 1.29 is 4.74 Å². The first-order valence-corrected chi connectivity index (χ1v) is 8.19. The molecule has 0 bridgehead atoms. The van der Waals surface area contributed by atoms with Crippen molar-refractivity contribution in [3.05, 3.63) is 36.0 Å². The Kier molecular flexibility index (Phi) is 6.20. The molecule has 0 aliphatic heterocycles. The molecule has 2 aromatic rings. The van der Waals surface area contributed by atoms with Crippen LogP contribution in [0.3, 0.4) is 0 Å². The summed E-state index contributed by atoms with van der Waals surface area (Å²) >= 11 is 0. The Balaban J connectivity index is 2.11. The summed E-state index contributed by atoms with van der Waals surface area (Å²) in [6.07, 6.45) is 2.29. The SMILES string of the molecule is CCCCN(C)c1nc(C)cc(Nc2ccc(OCC)cc2)n1. The Labute approximate surface area is 138 Å². The van der Waals surface area contributed by atoms with Crippen LogP contribution in [-0.2, 0) is 0 Å². The van der Waals surface area contributed by atoms with Crippen molar-refractivity contribution in [3.63, 3.8) is 0 Å². The third kappa shape index (κ3) is 5.13. The van der Waals surface area contributed by atoms with Crippen LogP contribution in [0.15, 0.2) is 30.3 Å². The highest BCUT2D eigenvalue weighted by atomic mass is 16.5. The lowest BCUT2D eigenvalue weighted by atomic mass is 10.3. The number of aryl methyl sites for hydroxylation is 1. The van der Waals surface area contributed by atoms with Gasteiger partial charge in [-0.3, -0.25) is 0 Å². The molecule has 23 heavy (non-hydrogen) atoms. The van der Waals surface area contributed by atoms with Crippen molar-refractivity contribution >= 4 is 17.5 Å². The Morgan fingerprint density at radius 2 is 1.87 bits per heavy atom. The summed E-state index contributed by atoms with van der Waals surface area (Å²) < 4.78 is 5.46. The van der Waals surface area contributed by atoms with Crippen LogP contribution in [-0.4, -0.2) is 30.2 Å². The van der Waals surface area contributed by atoms with Gasteiger partial charge in [0.2, 0.25) is 5.95 Å². The second-order valence-electron chi connectivity index (χ2n) is 5.55. The zero-order valence-corrected chi connectivity index (χ0v) is 14.5. The molecule has 0 fully saturated rings. The Hall–Kier alpha value is -2.30. The lowest BCUT2D eigenvalue weighted by molar-refractivity contribution is 0.340. The molecule has 2 rings (SSSR count). The molecule has 0 amide bonds. The third-order valence-electron chi connectivity index (χ3n) is 3.47. The van der Waals surface area contributed by atoms with Gasteiger partial charge in [0, 0.05) is 31.0 Å². The smallest absolute Gasteiger partial charge is 0.227 e. The van der Waals surface area contributed by atoms with E-state index in [1.54, 1.807) is 0 Å². The van der Waals surface area contributed by atoms with E-state index in [0.717, 1.165) is 48.3 Å². The molecule has 1 aromatic carbocycles. The molecule has 5 nitrogen and oxygen atoms in total. The number of rotatable bonds is 8. The molecular weight excluding hydrogens is 288 g/mol. The van der Waals surface area contributed by atoms with Crippen LogP contribution < -0.4 is 15.0 Å². The van der Waals surface area contributed by atoms with E-state index in [-0.39, 0.29) is 0 Å². The van der Waals surface area contributed by atoms with Crippen molar-refractivity contribution in [2.45, 2.75) is 33.6 Å². The van der Waals surface area contributed by atoms with Gasteiger partial charge in [0.15, 0.2) is 0 Å². The molecule has 0 radical (unpaired) electrons. The number of hydrogen-bond acceptors (Lipinski definition) is 5. The van der Waals surface area contributed by atoms with Crippen LogP contribution in [0, 0.1) is 6.92 Å². The average Bonchev–Trinajstić information content (AvgIpc) is 2.54. The van der Waals surface area contributed by atoms with Gasteiger partial charge in [-0.15, -0.1) is 0 Å². The zero-order chi connectivity index (χ0) is 16.7. The number of hydrogen-bond donors (Lipinski definition) is 1. The first-order chi connectivity index (χ1) is 11.1. The fraction of sp³-hybridized carbons (Fsp3) is 0.444. The first kappa shape index (κ1) is 17.1.